The molecule has 0 aliphatic heterocycles. The summed E-state index contributed by atoms with van der Waals surface area (Å²) in [6.07, 6.45) is 0.340. The third-order valence-corrected chi connectivity index (χ3v) is 6.77. The molecular formula is C29H21N5O7. The smallest absolute Gasteiger partial charge is 0.270 e. The predicted octanol–water partition coefficient (Wildman–Crippen LogP) is 5.54. The van der Waals surface area contributed by atoms with Crippen molar-refractivity contribution in [2.45, 2.75) is 18.9 Å². The second-order valence-electron chi connectivity index (χ2n) is 9.33. The number of benzene rings is 4. The van der Waals surface area contributed by atoms with Crippen molar-refractivity contribution in [1.29, 1.82) is 0 Å². The van der Waals surface area contributed by atoms with Gasteiger partial charge in [-0.1, -0.05) is 54.6 Å². The third kappa shape index (κ3) is 5.66. The number of rotatable bonds is 9. The fraction of sp³-hybridized carbons (Fsp3) is 0.103. The maximum Gasteiger partial charge on any atom is 0.270 e. The van der Waals surface area contributed by atoms with Crippen LogP contribution in [0, 0.1) is 30.3 Å². The summed E-state index contributed by atoms with van der Waals surface area (Å²) in [5.41, 5.74) is 1.56. The highest BCUT2D eigenvalue weighted by molar-refractivity contribution is 5.80. The van der Waals surface area contributed by atoms with Crippen LogP contribution in [0.2, 0.25) is 0 Å². The summed E-state index contributed by atoms with van der Waals surface area (Å²) in [5, 5.41) is 33.8. The van der Waals surface area contributed by atoms with Crippen molar-refractivity contribution in [2.24, 2.45) is 0 Å². The van der Waals surface area contributed by atoms with Crippen LogP contribution in [0.3, 0.4) is 0 Å². The van der Waals surface area contributed by atoms with E-state index in [1.807, 2.05) is 30.3 Å². The summed E-state index contributed by atoms with van der Waals surface area (Å²) in [5.74, 6) is -0.109. The van der Waals surface area contributed by atoms with E-state index in [4.69, 9.17) is 4.98 Å². The Balaban J connectivity index is 1.70. The molecule has 0 radical (unpaired) electrons. The Bertz CT molecular complexity index is 1840. The lowest BCUT2D eigenvalue weighted by Gasteiger charge is -2.22. The monoisotopic (exact) mass is 551 g/mol. The van der Waals surface area contributed by atoms with Crippen LogP contribution in [0.1, 0.15) is 28.4 Å². The van der Waals surface area contributed by atoms with Gasteiger partial charge in [0.25, 0.3) is 22.6 Å². The van der Waals surface area contributed by atoms with E-state index in [-0.39, 0.29) is 34.5 Å². The molecule has 0 N–H and O–H groups in total. The zero-order chi connectivity index (χ0) is 29.1. The Morgan fingerprint density at radius 2 is 1.22 bits per heavy atom. The lowest BCUT2D eigenvalue weighted by Crippen LogP contribution is -2.28. The average Bonchev–Trinajstić information content (AvgIpc) is 2.98. The molecule has 12 nitrogen and oxygen atoms in total. The van der Waals surface area contributed by atoms with Crippen molar-refractivity contribution < 1.29 is 14.8 Å². The Morgan fingerprint density at radius 3 is 1.78 bits per heavy atom. The molecule has 0 bridgehead atoms. The largest absolute Gasteiger partial charge is 0.291 e. The second kappa shape index (κ2) is 11.1. The molecule has 0 saturated heterocycles. The Hall–Kier alpha value is -5.78. The predicted molar refractivity (Wildman–Crippen MR) is 150 cm³/mol. The van der Waals surface area contributed by atoms with Gasteiger partial charge in [0.1, 0.15) is 5.82 Å². The number of aromatic nitrogens is 2. The lowest BCUT2D eigenvalue weighted by molar-refractivity contribution is -0.385. The summed E-state index contributed by atoms with van der Waals surface area (Å²) in [4.78, 5) is 50.9. The van der Waals surface area contributed by atoms with Gasteiger partial charge in [-0.05, 0) is 29.2 Å². The normalized spacial score (nSPS) is 11.7. The first kappa shape index (κ1) is 26.8. The molecule has 5 rings (SSSR count). The van der Waals surface area contributed by atoms with Crippen molar-refractivity contribution in [3.8, 4) is 0 Å². The van der Waals surface area contributed by atoms with Crippen LogP contribution >= 0.6 is 0 Å². The molecule has 12 heteroatoms. The molecule has 204 valence electrons. The van der Waals surface area contributed by atoms with Crippen LogP contribution in [0.5, 0.6) is 0 Å². The number of fused-ring (bicyclic) bond motifs is 1. The van der Waals surface area contributed by atoms with Gasteiger partial charge in [-0.15, -0.1) is 0 Å². The van der Waals surface area contributed by atoms with Crippen LogP contribution in [-0.2, 0) is 13.0 Å². The van der Waals surface area contributed by atoms with E-state index in [0.29, 0.717) is 17.8 Å². The Kier molecular flexibility index (Phi) is 7.29. The van der Waals surface area contributed by atoms with Crippen molar-refractivity contribution in [3.05, 3.63) is 160 Å². The van der Waals surface area contributed by atoms with E-state index < -0.39 is 26.2 Å². The highest BCUT2D eigenvalue weighted by Gasteiger charge is 2.24. The number of nitro benzene ring substituents is 3. The zero-order valence-corrected chi connectivity index (χ0v) is 21.3. The summed E-state index contributed by atoms with van der Waals surface area (Å²) in [7, 11) is 0. The number of hydrogen-bond donors (Lipinski definition) is 0. The summed E-state index contributed by atoms with van der Waals surface area (Å²) in [6.45, 7) is 0.00138. The van der Waals surface area contributed by atoms with Gasteiger partial charge in [-0.25, -0.2) is 4.98 Å². The Morgan fingerprint density at radius 1 is 0.683 bits per heavy atom. The molecule has 0 aliphatic carbocycles. The van der Waals surface area contributed by atoms with Crippen molar-refractivity contribution >= 4 is 28.0 Å². The number of nitro groups is 3. The highest BCUT2D eigenvalue weighted by atomic mass is 16.6. The minimum Gasteiger partial charge on any atom is -0.291 e. The van der Waals surface area contributed by atoms with Crippen molar-refractivity contribution in [3.63, 3.8) is 0 Å². The lowest BCUT2D eigenvalue weighted by atomic mass is 9.90. The summed E-state index contributed by atoms with van der Waals surface area (Å²) < 4.78 is 1.43. The number of nitrogens with zero attached hydrogens (tertiary/aromatic N) is 5. The maximum absolute atomic E-state index is 13.9. The fourth-order valence-electron chi connectivity index (χ4n) is 4.70. The first-order valence-electron chi connectivity index (χ1n) is 12.4. The van der Waals surface area contributed by atoms with E-state index in [9.17, 15) is 35.1 Å². The van der Waals surface area contributed by atoms with E-state index in [2.05, 4.69) is 0 Å². The molecule has 1 heterocycles. The second-order valence-corrected chi connectivity index (χ2v) is 9.33. The average molecular weight is 552 g/mol. The van der Waals surface area contributed by atoms with E-state index in [1.165, 1.54) is 47.0 Å². The topological polar surface area (TPSA) is 164 Å². The number of hydrogen-bond acceptors (Lipinski definition) is 8. The molecular weight excluding hydrogens is 530 g/mol. The van der Waals surface area contributed by atoms with E-state index in [0.717, 1.165) is 11.1 Å². The van der Waals surface area contributed by atoms with Crippen LogP contribution in [0.25, 0.3) is 10.9 Å². The van der Waals surface area contributed by atoms with Gasteiger partial charge in [0.05, 0.1) is 32.2 Å². The van der Waals surface area contributed by atoms with Crippen LogP contribution < -0.4 is 5.56 Å². The van der Waals surface area contributed by atoms with Gasteiger partial charge in [-0.2, -0.15) is 0 Å². The minimum absolute atomic E-state index is 0.00138. The van der Waals surface area contributed by atoms with Gasteiger partial charge >= 0.3 is 0 Å². The molecule has 1 unspecified atom stereocenters. The summed E-state index contributed by atoms with van der Waals surface area (Å²) >= 11 is 0. The van der Waals surface area contributed by atoms with Crippen LogP contribution in [0.4, 0.5) is 17.1 Å². The van der Waals surface area contributed by atoms with Crippen LogP contribution in [-0.4, -0.2) is 24.3 Å². The third-order valence-electron chi connectivity index (χ3n) is 6.77. The van der Waals surface area contributed by atoms with Crippen molar-refractivity contribution in [2.75, 3.05) is 0 Å². The Labute approximate surface area is 231 Å². The SMILES string of the molecule is O=c1c2cc([N+](=O)[O-])ccc2nc(C(Cc2ccc([N+](=O)[O-])cc2)c2ccccc2)n1Cc1ccc([N+](=O)[O-])cc1. The molecule has 1 aromatic heterocycles. The van der Waals surface area contributed by atoms with Gasteiger partial charge < -0.3 is 0 Å². The molecule has 0 spiro atoms. The van der Waals surface area contributed by atoms with Crippen LogP contribution in [0.15, 0.2) is 102 Å². The van der Waals surface area contributed by atoms with Crippen molar-refractivity contribution in [1.82, 2.24) is 9.55 Å². The molecule has 41 heavy (non-hydrogen) atoms. The van der Waals surface area contributed by atoms with Gasteiger partial charge in [0.2, 0.25) is 0 Å². The van der Waals surface area contributed by atoms with Gasteiger partial charge in [-0.3, -0.25) is 39.7 Å². The van der Waals surface area contributed by atoms with Gasteiger partial charge in [0.15, 0.2) is 0 Å². The molecule has 4 aromatic carbocycles. The quantitative estimate of drug-likeness (QED) is 0.170. The first-order valence-corrected chi connectivity index (χ1v) is 12.4. The highest BCUT2D eigenvalue weighted by Crippen LogP contribution is 2.30. The fourth-order valence-corrected chi connectivity index (χ4v) is 4.70. The minimum atomic E-state index is -0.588. The molecule has 0 saturated carbocycles. The molecule has 1 atom stereocenters. The molecule has 0 aliphatic rings. The zero-order valence-electron chi connectivity index (χ0n) is 21.3. The number of non-ortho nitro benzene ring substituents is 3. The van der Waals surface area contributed by atoms with E-state index >= 15 is 0 Å². The van der Waals surface area contributed by atoms with E-state index in [1.54, 1.807) is 24.3 Å². The molecule has 0 fully saturated rings. The molecule has 5 aromatic rings. The maximum atomic E-state index is 13.9. The summed E-state index contributed by atoms with van der Waals surface area (Å²) in [6, 6.07) is 25.1. The first-order chi connectivity index (χ1) is 19.7. The standard InChI is InChI=1S/C29H21N5O7/c35-29-26-17-24(34(40)41)14-15-27(26)30-28(31(29)18-20-8-12-23(13-9-20)33(38)39)25(21-4-2-1-3-5-21)16-19-6-10-22(11-7-19)32(36)37/h1-15,17,25H,16,18H2. The molecule has 0 amide bonds. The van der Waals surface area contributed by atoms with Gasteiger partial charge in [0, 0.05) is 42.3 Å².